The van der Waals surface area contributed by atoms with Crippen LogP contribution in [0.2, 0.25) is 0 Å². The second-order valence-corrected chi connectivity index (χ2v) is 18.1. The van der Waals surface area contributed by atoms with Crippen LogP contribution in [0.1, 0.15) is 83.5 Å². The van der Waals surface area contributed by atoms with E-state index < -0.39 is 48.4 Å². The smallest absolute Gasteiger partial charge is 0.410 e. The number of methoxy groups -OCH3 is 2. The van der Waals surface area contributed by atoms with Crippen molar-refractivity contribution in [2.24, 2.45) is 0 Å². The fraction of sp³-hybridized carbons (Fsp3) is 0.605. The summed E-state index contributed by atoms with van der Waals surface area (Å²) in [4.78, 5) is 53.5. The highest BCUT2D eigenvalue weighted by molar-refractivity contribution is 6.61. The second-order valence-electron chi connectivity index (χ2n) is 17.8. The van der Waals surface area contributed by atoms with Gasteiger partial charge in [0.25, 0.3) is 11.9 Å². The third kappa shape index (κ3) is 15.6. The number of carbonyl (C=O) groups excluding carboxylic acids is 3. The van der Waals surface area contributed by atoms with Gasteiger partial charge in [-0.15, -0.1) is 0 Å². The molecule has 0 bridgehead atoms. The lowest BCUT2D eigenvalue weighted by atomic mass is 9.92. The van der Waals surface area contributed by atoms with E-state index >= 15 is 0 Å². The van der Waals surface area contributed by atoms with E-state index in [1.807, 2.05) is 0 Å². The quantitative estimate of drug-likeness (QED) is 0.0780. The number of alkyl halides is 6. The van der Waals surface area contributed by atoms with Crippen LogP contribution in [0, 0.1) is 0 Å². The monoisotopic (exact) mass is 1020 g/mol. The molecule has 0 unspecified atom stereocenters. The third-order valence-corrected chi connectivity index (χ3v) is 11.2. The van der Waals surface area contributed by atoms with Gasteiger partial charge in [-0.05, 0) is 58.6 Å². The lowest BCUT2D eigenvalue weighted by Crippen LogP contribution is -2.57. The SMILES string of the molecule is CC(C)(C)OC(=O)N1CC(Oc2cc(NC3CCC(F)(F)CC3)nc(-n3ccc(CF)n3)n2)C1.COC(=O)Cl.COC(=O)N1CC(Oc2cc(NC3CCC(F)(F)CC3)nc(-n3ccc(CF)n3)n2)C1. The van der Waals surface area contributed by atoms with Crippen LogP contribution in [-0.2, 0) is 27.6 Å². The van der Waals surface area contributed by atoms with Crippen molar-refractivity contribution in [3.8, 4) is 23.7 Å². The Morgan fingerprint density at radius 3 is 1.39 bits per heavy atom. The molecule has 0 radical (unpaired) electrons. The van der Waals surface area contributed by atoms with E-state index in [1.54, 1.807) is 32.9 Å². The highest BCUT2D eigenvalue weighted by atomic mass is 35.5. The molecule has 4 aromatic heterocycles. The molecule has 8 rings (SSSR count). The summed E-state index contributed by atoms with van der Waals surface area (Å²) in [7, 11) is 2.53. The molecule has 2 saturated carbocycles. The lowest BCUT2D eigenvalue weighted by molar-refractivity contribution is -0.0366. The zero-order valence-corrected chi connectivity index (χ0v) is 39.8. The van der Waals surface area contributed by atoms with Crippen molar-refractivity contribution in [3.05, 3.63) is 48.0 Å². The number of anilines is 2. The molecule has 384 valence electrons. The largest absolute Gasteiger partial charge is 0.470 e. The number of halogens is 7. The maximum absolute atomic E-state index is 13.5. The summed E-state index contributed by atoms with van der Waals surface area (Å²) in [6, 6.07) is 5.86. The molecule has 2 aliphatic heterocycles. The summed E-state index contributed by atoms with van der Waals surface area (Å²) in [6.45, 7) is 5.31. The van der Waals surface area contributed by atoms with Crippen molar-refractivity contribution in [2.75, 3.05) is 51.0 Å². The first kappa shape index (κ1) is 53.0. The first-order valence-corrected chi connectivity index (χ1v) is 22.7. The molecule has 2 aliphatic carbocycles. The minimum absolute atomic E-state index is 0.157. The summed E-state index contributed by atoms with van der Waals surface area (Å²) in [6.07, 6.45) is 2.14. The number of nitrogens with zero attached hydrogens (tertiary/aromatic N) is 10. The van der Waals surface area contributed by atoms with Gasteiger partial charge in [0.05, 0.1) is 51.8 Å². The number of hydrogen-bond acceptors (Lipinski definition) is 16. The van der Waals surface area contributed by atoms with Crippen molar-refractivity contribution in [1.29, 1.82) is 0 Å². The zero-order chi connectivity index (χ0) is 50.8. The zero-order valence-electron chi connectivity index (χ0n) is 39.1. The Kier molecular flexibility index (Phi) is 17.5. The fourth-order valence-electron chi connectivity index (χ4n) is 7.30. The van der Waals surface area contributed by atoms with Crippen molar-refractivity contribution in [2.45, 2.75) is 127 Å². The number of amides is 2. The Labute approximate surface area is 403 Å². The average molecular weight is 1020 g/mol. The Bertz CT molecular complexity index is 2380. The Morgan fingerprint density at radius 2 is 1.06 bits per heavy atom. The first-order valence-electron chi connectivity index (χ1n) is 22.3. The number of nitrogens with one attached hydrogen (secondary N) is 2. The van der Waals surface area contributed by atoms with E-state index in [4.69, 9.17) is 14.2 Å². The molecular formula is C43H55ClF6N12O8. The lowest BCUT2D eigenvalue weighted by Gasteiger charge is -2.39. The molecule has 2 N–H and O–H groups in total. The van der Waals surface area contributed by atoms with Gasteiger partial charge in [0.2, 0.25) is 23.6 Å². The van der Waals surface area contributed by atoms with E-state index in [1.165, 1.54) is 57.9 Å². The maximum atomic E-state index is 13.5. The molecule has 70 heavy (non-hydrogen) atoms. The van der Waals surface area contributed by atoms with Crippen LogP contribution < -0.4 is 20.1 Å². The number of likely N-dealkylation sites (tertiary alicyclic amines) is 2. The summed E-state index contributed by atoms with van der Waals surface area (Å²) in [5.74, 6) is -3.68. The maximum Gasteiger partial charge on any atom is 0.410 e. The molecule has 4 fully saturated rings. The molecule has 20 nitrogen and oxygen atoms in total. The number of aromatic nitrogens is 8. The fourth-order valence-corrected chi connectivity index (χ4v) is 7.30. The van der Waals surface area contributed by atoms with Gasteiger partial charge < -0.3 is 44.1 Å². The summed E-state index contributed by atoms with van der Waals surface area (Å²) in [5.41, 5.74) is -0.904. The average Bonchev–Trinajstić information content (AvgIpc) is 3.98. The molecule has 4 aliphatic rings. The summed E-state index contributed by atoms with van der Waals surface area (Å²) >= 11 is 4.60. The normalized spacial score (nSPS) is 18.1. The van der Waals surface area contributed by atoms with E-state index in [2.05, 4.69) is 61.8 Å². The van der Waals surface area contributed by atoms with E-state index in [0.29, 0.717) is 63.5 Å². The van der Waals surface area contributed by atoms with Crippen molar-refractivity contribution < 1.29 is 64.4 Å². The molecule has 0 atom stereocenters. The van der Waals surface area contributed by atoms with Crippen LogP contribution >= 0.6 is 11.6 Å². The molecule has 27 heteroatoms. The Balaban J connectivity index is 0.000000210. The van der Waals surface area contributed by atoms with Gasteiger partial charge in [0.15, 0.2) is 0 Å². The summed E-state index contributed by atoms with van der Waals surface area (Å²) < 4.78 is 108. The highest BCUT2D eigenvalue weighted by Crippen LogP contribution is 2.36. The second kappa shape index (κ2) is 23.1. The van der Waals surface area contributed by atoms with E-state index in [0.717, 1.165) is 0 Å². The first-order chi connectivity index (χ1) is 33.1. The van der Waals surface area contributed by atoms with Crippen LogP contribution in [0.4, 0.5) is 52.4 Å². The minimum atomic E-state index is -2.63. The number of rotatable bonds is 12. The summed E-state index contributed by atoms with van der Waals surface area (Å²) in [5, 5.41) is 14.5. The minimum Gasteiger partial charge on any atom is -0.470 e. The Morgan fingerprint density at radius 1 is 0.671 bits per heavy atom. The van der Waals surface area contributed by atoms with Crippen LogP contribution in [0.5, 0.6) is 11.8 Å². The van der Waals surface area contributed by atoms with Crippen molar-refractivity contribution in [1.82, 2.24) is 49.3 Å². The topological polar surface area (TPSA) is 215 Å². The van der Waals surface area contributed by atoms with E-state index in [9.17, 15) is 40.7 Å². The standard InChI is InChI=1S/C22H29F3N6O3.C19H23F3N6O3.C2H3ClO2/c1-21(2,3)34-20(32)30-12-16(13-30)33-18-10-17(26-14-4-7-22(24,25)8-5-14)27-19(28-18)31-9-6-15(11-23)29-31;1-30-18(29)27-10-14(11-27)31-16-8-15(23-12-2-5-19(21,22)6-3-12)24-17(25-16)28-7-4-13(9-20)26-28;1-5-2(3)4/h6,9-10,14,16H,4-5,7-8,11-13H2,1-3H3,(H,26,27,28);4,7-8,12,14H,2-3,5-6,9-11H2,1H3,(H,23,24,25);1H3. The van der Waals surface area contributed by atoms with Crippen LogP contribution in [0.15, 0.2) is 36.7 Å². The molecule has 2 amide bonds. The predicted octanol–water partition coefficient (Wildman–Crippen LogP) is 8.06. The Hall–Kier alpha value is -6.34. The molecule has 4 aromatic rings. The number of ether oxygens (including phenoxy) is 5. The van der Waals surface area contributed by atoms with Crippen LogP contribution in [0.3, 0.4) is 0 Å². The van der Waals surface area contributed by atoms with Crippen LogP contribution in [0.25, 0.3) is 11.9 Å². The molecule has 0 aromatic carbocycles. The van der Waals surface area contributed by atoms with Gasteiger partial charge in [0.1, 0.15) is 42.8 Å². The van der Waals surface area contributed by atoms with Crippen LogP contribution in [-0.4, -0.2) is 149 Å². The third-order valence-electron chi connectivity index (χ3n) is 11.0. The predicted molar refractivity (Wildman–Crippen MR) is 238 cm³/mol. The molecular weight excluding hydrogens is 962 g/mol. The van der Waals surface area contributed by atoms with Gasteiger partial charge in [-0.25, -0.2) is 50.1 Å². The van der Waals surface area contributed by atoms with E-state index in [-0.39, 0.29) is 85.0 Å². The molecule has 0 spiro atoms. The molecule has 2 saturated heterocycles. The van der Waals surface area contributed by atoms with Crippen molar-refractivity contribution in [3.63, 3.8) is 0 Å². The van der Waals surface area contributed by atoms with Gasteiger partial charge in [-0.1, -0.05) is 0 Å². The van der Waals surface area contributed by atoms with Crippen molar-refractivity contribution >= 4 is 40.9 Å². The van der Waals surface area contributed by atoms with Gasteiger partial charge in [-0.3, -0.25) is 0 Å². The van der Waals surface area contributed by atoms with Gasteiger partial charge >= 0.3 is 17.6 Å². The number of carbonyl (C=O) groups is 3. The van der Waals surface area contributed by atoms with Gasteiger partial charge in [-0.2, -0.15) is 30.1 Å². The molecule has 6 heterocycles. The number of hydrogen-bond donors (Lipinski definition) is 2. The van der Waals surface area contributed by atoms with Gasteiger partial charge in [0, 0.05) is 73.9 Å². The highest BCUT2D eigenvalue weighted by Gasteiger charge is 2.38.